The molecule has 0 saturated carbocycles. The van der Waals surface area contributed by atoms with E-state index in [1.807, 2.05) is 11.4 Å². The molecule has 96 valence electrons. The van der Waals surface area contributed by atoms with Gasteiger partial charge >= 0.3 is 6.03 Å². The zero-order valence-electron chi connectivity index (χ0n) is 10.4. The van der Waals surface area contributed by atoms with Crippen LogP contribution in [0, 0.1) is 0 Å². The summed E-state index contributed by atoms with van der Waals surface area (Å²) in [5, 5.41) is 2.01. The number of imide groups is 1. The average Bonchev–Trinajstić information content (AvgIpc) is 2.92. The van der Waals surface area contributed by atoms with Gasteiger partial charge in [0.05, 0.1) is 0 Å². The lowest BCUT2D eigenvalue weighted by molar-refractivity contribution is -0.128. The van der Waals surface area contributed by atoms with Crippen LogP contribution in [0.2, 0.25) is 0 Å². The van der Waals surface area contributed by atoms with Gasteiger partial charge in [0.2, 0.25) is 0 Å². The van der Waals surface area contributed by atoms with E-state index in [1.54, 1.807) is 16.2 Å². The quantitative estimate of drug-likeness (QED) is 0.787. The third kappa shape index (κ3) is 1.57. The zero-order chi connectivity index (χ0) is 12.7. The number of urea groups is 1. The van der Waals surface area contributed by atoms with Crippen LogP contribution >= 0.6 is 11.3 Å². The highest BCUT2D eigenvalue weighted by Crippen LogP contribution is 2.38. The van der Waals surface area contributed by atoms with Crippen molar-refractivity contribution in [1.29, 1.82) is 0 Å². The van der Waals surface area contributed by atoms with Gasteiger partial charge in [-0.1, -0.05) is 13.3 Å². The van der Waals surface area contributed by atoms with Gasteiger partial charge in [0.25, 0.3) is 5.91 Å². The van der Waals surface area contributed by atoms with E-state index >= 15 is 0 Å². The summed E-state index contributed by atoms with van der Waals surface area (Å²) < 4.78 is 0. The highest BCUT2D eigenvalue weighted by Gasteiger charge is 2.47. The molecule has 0 aliphatic carbocycles. The molecule has 0 radical (unpaired) electrons. The second-order valence-electron chi connectivity index (χ2n) is 4.77. The minimum absolute atomic E-state index is 0.0344. The largest absolute Gasteiger partial charge is 0.327 e. The summed E-state index contributed by atoms with van der Waals surface area (Å²) in [4.78, 5) is 29.0. The maximum atomic E-state index is 12.4. The van der Waals surface area contributed by atoms with Crippen LogP contribution in [0.5, 0.6) is 0 Å². The first-order chi connectivity index (χ1) is 8.74. The van der Waals surface area contributed by atoms with Crippen molar-refractivity contribution in [3.63, 3.8) is 0 Å². The van der Waals surface area contributed by atoms with Crippen LogP contribution < -0.4 is 0 Å². The molecule has 1 fully saturated rings. The maximum Gasteiger partial charge on any atom is 0.327 e. The molecule has 2 aliphatic heterocycles. The average molecular weight is 264 g/mol. The Morgan fingerprint density at radius 1 is 1.44 bits per heavy atom. The van der Waals surface area contributed by atoms with E-state index in [0.717, 1.165) is 24.8 Å². The highest BCUT2D eigenvalue weighted by atomic mass is 32.1. The fourth-order valence-corrected chi connectivity index (χ4v) is 3.61. The van der Waals surface area contributed by atoms with Crippen LogP contribution in [-0.4, -0.2) is 34.8 Å². The first-order valence-corrected chi connectivity index (χ1v) is 7.30. The highest BCUT2D eigenvalue weighted by molar-refractivity contribution is 7.10. The molecule has 3 amide bonds. The van der Waals surface area contributed by atoms with E-state index in [0.29, 0.717) is 13.1 Å². The molecule has 1 saturated heterocycles. The molecule has 3 rings (SSSR count). The Labute approximate surface area is 110 Å². The molecule has 1 atom stereocenters. The Hall–Kier alpha value is -1.36. The normalized spacial score (nSPS) is 22.4. The molecule has 1 aromatic heterocycles. The molecular weight excluding hydrogens is 248 g/mol. The van der Waals surface area contributed by atoms with Gasteiger partial charge in [-0.3, -0.25) is 9.69 Å². The first kappa shape index (κ1) is 11.7. The predicted octanol–water partition coefficient (Wildman–Crippen LogP) is 2.41. The van der Waals surface area contributed by atoms with Crippen LogP contribution in [0.1, 0.15) is 36.2 Å². The molecular formula is C13H16N2O2S. The Morgan fingerprint density at radius 3 is 3.06 bits per heavy atom. The second kappa shape index (κ2) is 4.39. The summed E-state index contributed by atoms with van der Waals surface area (Å²) in [7, 11) is 0. The maximum absolute atomic E-state index is 12.4. The molecule has 2 aliphatic rings. The minimum atomic E-state index is -0.343. The summed E-state index contributed by atoms with van der Waals surface area (Å²) in [5.41, 5.74) is 1.04. The van der Waals surface area contributed by atoms with Gasteiger partial charge in [-0.2, -0.15) is 0 Å². The van der Waals surface area contributed by atoms with Crippen molar-refractivity contribution in [2.45, 2.75) is 32.2 Å². The Morgan fingerprint density at radius 2 is 2.28 bits per heavy atom. The molecule has 0 bridgehead atoms. The summed E-state index contributed by atoms with van der Waals surface area (Å²) in [6.07, 6.45) is 2.75. The van der Waals surface area contributed by atoms with Crippen molar-refractivity contribution >= 4 is 23.3 Å². The Bertz CT molecular complexity index is 497. The summed E-state index contributed by atoms with van der Waals surface area (Å²) in [6, 6.07) is 1.55. The van der Waals surface area contributed by atoms with Gasteiger partial charge in [-0.05, 0) is 29.9 Å². The number of nitrogens with zero attached hydrogens (tertiary/aromatic N) is 2. The summed E-state index contributed by atoms with van der Waals surface area (Å²) in [5.74, 6) is -0.0344. The molecule has 0 aromatic carbocycles. The van der Waals surface area contributed by atoms with Crippen LogP contribution in [0.3, 0.4) is 0 Å². The van der Waals surface area contributed by atoms with E-state index in [9.17, 15) is 9.59 Å². The summed E-state index contributed by atoms with van der Waals surface area (Å²) >= 11 is 1.69. The Balaban J connectivity index is 1.91. The second-order valence-corrected chi connectivity index (χ2v) is 5.77. The fraction of sp³-hybridized carbons (Fsp3) is 0.538. The van der Waals surface area contributed by atoms with E-state index in [2.05, 4.69) is 6.92 Å². The van der Waals surface area contributed by atoms with Gasteiger partial charge in [0, 0.05) is 18.0 Å². The number of thiophene rings is 1. The number of carbonyl (C=O) groups is 2. The third-order valence-electron chi connectivity index (χ3n) is 3.68. The van der Waals surface area contributed by atoms with Crippen molar-refractivity contribution < 1.29 is 9.59 Å². The third-order valence-corrected chi connectivity index (χ3v) is 4.67. The lowest BCUT2D eigenvalue weighted by Gasteiger charge is -2.26. The molecule has 3 heterocycles. The molecule has 0 spiro atoms. The van der Waals surface area contributed by atoms with Gasteiger partial charge in [-0.25, -0.2) is 4.79 Å². The van der Waals surface area contributed by atoms with Crippen molar-refractivity contribution in [3.05, 3.63) is 21.9 Å². The van der Waals surface area contributed by atoms with Crippen LogP contribution in [0.25, 0.3) is 0 Å². The molecule has 1 unspecified atom stereocenters. The van der Waals surface area contributed by atoms with Gasteiger partial charge in [-0.15, -0.1) is 11.3 Å². The summed E-state index contributed by atoms with van der Waals surface area (Å²) in [6.45, 7) is 3.29. The lowest BCUT2D eigenvalue weighted by Crippen LogP contribution is -2.36. The van der Waals surface area contributed by atoms with Crippen molar-refractivity contribution in [2.75, 3.05) is 13.1 Å². The van der Waals surface area contributed by atoms with Crippen LogP contribution in [0.4, 0.5) is 4.79 Å². The number of amides is 3. The van der Waals surface area contributed by atoms with Gasteiger partial charge < -0.3 is 4.90 Å². The molecule has 0 N–H and O–H groups in total. The van der Waals surface area contributed by atoms with Gasteiger partial charge in [0.1, 0.15) is 6.04 Å². The van der Waals surface area contributed by atoms with E-state index in [4.69, 9.17) is 0 Å². The molecule has 18 heavy (non-hydrogen) atoms. The monoisotopic (exact) mass is 264 g/mol. The van der Waals surface area contributed by atoms with E-state index < -0.39 is 0 Å². The van der Waals surface area contributed by atoms with E-state index in [1.165, 1.54) is 9.78 Å². The number of fused-ring (bicyclic) bond motifs is 3. The number of rotatable bonds is 3. The molecule has 5 heteroatoms. The predicted molar refractivity (Wildman–Crippen MR) is 69.5 cm³/mol. The van der Waals surface area contributed by atoms with E-state index in [-0.39, 0.29) is 18.0 Å². The number of carbonyl (C=O) groups excluding carboxylic acids is 2. The van der Waals surface area contributed by atoms with Crippen molar-refractivity contribution in [2.24, 2.45) is 0 Å². The standard InChI is InChI=1S/C13H16N2O2S/c1-2-3-6-15-12(16)11-9-5-8-18-10(9)4-7-14(11)13(15)17/h5,8,11H,2-4,6-7H2,1H3. The first-order valence-electron chi connectivity index (χ1n) is 6.42. The minimum Gasteiger partial charge on any atom is -0.308 e. The molecule has 1 aromatic rings. The van der Waals surface area contributed by atoms with Crippen molar-refractivity contribution in [3.8, 4) is 0 Å². The lowest BCUT2D eigenvalue weighted by atomic mass is 10.0. The number of hydrogen-bond acceptors (Lipinski definition) is 3. The smallest absolute Gasteiger partial charge is 0.308 e. The number of hydrogen-bond donors (Lipinski definition) is 0. The Kier molecular flexibility index (Phi) is 2.86. The SMILES string of the molecule is CCCCN1C(=O)C2c3ccsc3CCN2C1=O. The van der Waals surface area contributed by atoms with Crippen LogP contribution in [0.15, 0.2) is 11.4 Å². The molecule has 4 nitrogen and oxygen atoms in total. The van der Waals surface area contributed by atoms with Crippen LogP contribution in [-0.2, 0) is 11.2 Å². The fourth-order valence-electron chi connectivity index (χ4n) is 2.71. The topological polar surface area (TPSA) is 40.6 Å². The van der Waals surface area contributed by atoms with Gasteiger partial charge in [0.15, 0.2) is 0 Å². The van der Waals surface area contributed by atoms with Crippen molar-refractivity contribution in [1.82, 2.24) is 9.80 Å². The zero-order valence-corrected chi connectivity index (χ0v) is 11.2. The number of unbranched alkanes of at least 4 members (excludes halogenated alkanes) is 1.